The van der Waals surface area contributed by atoms with Crippen LogP contribution in [-0.2, 0) is 0 Å². The molecule has 0 N–H and O–H groups in total. The highest BCUT2D eigenvalue weighted by Crippen LogP contribution is 2.44. The molecule has 4 heterocycles. The predicted molar refractivity (Wildman–Crippen MR) is 234 cm³/mol. The van der Waals surface area contributed by atoms with Crippen molar-refractivity contribution in [2.24, 2.45) is 0 Å². The second-order valence-electron chi connectivity index (χ2n) is 14.2. The second kappa shape index (κ2) is 12.5. The number of rotatable bonds is 5. The first-order chi connectivity index (χ1) is 28.2. The number of fused-ring (bicyclic) bond motifs is 10. The first kappa shape index (κ1) is 31.8. The molecule has 266 valence electrons. The zero-order valence-corrected chi connectivity index (χ0v) is 31.1. The summed E-state index contributed by atoms with van der Waals surface area (Å²) in [5, 5.41) is 6.84. The molecule has 0 saturated carbocycles. The summed E-state index contributed by atoms with van der Waals surface area (Å²) in [5.41, 5.74) is 8.69. The van der Waals surface area contributed by atoms with Crippen LogP contribution in [0.1, 0.15) is 0 Å². The first-order valence-electron chi connectivity index (χ1n) is 18.9. The third-order valence-corrected chi connectivity index (χ3v) is 12.0. The van der Waals surface area contributed by atoms with E-state index in [9.17, 15) is 0 Å². The van der Waals surface area contributed by atoms with E-state index < -0.39 is 0 Å². The van der Waals surface area contributed by atoms with Crippen molar-refractivity contribution < 1.29 is 4.42 Å². The molecular weight excluding hydrogens is 719 g/mol. The van der Waals surface area contributed by atoms with Gasteiger partial charge in [-0.3, -0.25) is 0 Å². The molecule has 0 aliphatic heterocycles. The minimum atomic E-state index is 0.608. The Morgan fingerprint density at radius 3 is 1.81 bits per heavy atom. The Hall–Kier alpha value is -7.48. The molecule has 57 heavy (non-hydrogen) atoms. The van der Waals surface area contributed by atoms with Crippen molar-refractivity contribution in [1.29, 1.82) is 0 Å². The lowest BCUT2D eigenvalue weighted by molar-refractivity contribution is 0.623. The summed E-state index contributed by atoms with van der Waals surface area (Å²) in [6.07, 6.45) is 0. The van der Waals surface area contributed by atoms with Gasteiger partial charge in [-0.15, -0.1) is 11.3 Å². The highest BCUT2D eigenvalue weighted by molar-refractivity contribution is 7.26. The number of thiophene rings is 1. The summed E-state index contributed by atoms with van der Waals surface area (Å²) in [6, 6.07) is 61.0. The standard InChI is InChI=1S/C50H29N5OS/c1-4-12-31(13-5-1)47-52-48(54-49(53-47)34-22-24-37-36-18-10-11-19-40(36)55(41(37)29-34)35-16-8-3-9-17-35)33-21-20-30-23-26-42-44(38(30)28-33)45-43(57-42)27-25-39-46(45)56-50(51-39)32-14-6-2-7-15-32/h1-29H. The van der Waals surface area contributed by atoms with Crippen LogP contribution in [0.15, 0.2) is 180 Å². The zero-order valence-electron chi connectivity index (χ0n) is 30.3. The fourth-order valence-electron chi connectivity index (χ4n) is 8.22. The van der Waals surface area contributed by atoms with Gasteiger partial charge < -0.3 is 8.98 Å². The van der Waals surface area contributed by atoms with E-state index in [0.717, 1.165) is 76.3 Å². The van der Waals surface area contributed by atoms with Crippen molar-refractivity contribution in [3.63, 3.8) is 0 Å². The molecule has 12 aromatic rings. The molecule has 0 aliphatic carbocycles. The third kappa shape index (κ3) is 5.10. The van der Waals surface area contributed by atoms with Crippen LogP contribution in [0.25, 0.3) is 115 Å². The zero-order chi connectivity index (χ0) is 37.5. The molecule has 0 radical (unpaired) electrons. The van der Waals surface area contributed by atoms with Gasteiger partial charge in [0.15, 0.2) is 23.1 Å². The molecule has 6 nitrogen and oxygen atoms in total. The third-order valence-electron chi connectivity index (χ3n) is 10.9. The Morgan fingerprint density at radius 2 is 1.02 bits per heavy atom. The van der Waals surface area contributed by atoms with Crippen LogP contribution < -0.4 is 0 Å². The SMILES string of the molecule is c1ccc(-c2nc(-c3ccc4ccc5sc6ccc7nc(-c8ccccc8)oc7c6c5c4c3)nc(-c3ccc4c5ccccc5n(-c5ccccc5)c4c3)n2)cc1. The van der Waals surface area contributed by atoms with E-state index in [1.54, 1.807) is 11.3 Å². The fraction of sp³-hybridized carbons (Fsp3) is 0. The first-order valence-corrected chi connectivity index (χ1v) is 19.7. The van der Waals surface area contributed by atoms with E-state index >= 15 is 0 Å². The lowest BCUT2D eigenvalue weighted by Crippen LogP contribution is -2.00. The van der Waals surface area contributed by atoms with Gasteiger partial charge >= 0.3 is 0 Å². The molecule has 0 amide bonds. The van der Waals surface area contributed by atoms with Crippen molar-refractivity contribution in [2.45, 2.75) is 0 Å². The molecule has 0 saturated heterocycles. The summed E-state index contributed by atoms with van der Waals surface area (Å²) in [5.74, 6) is 2.46. The minimum absolute atomic E-state index is 0.608. The quantitative estimate of drug-likeness (QED) is 0.175. The van der Waals surface area contributed by atoms with Gasteiger partial charge in [0.25, 0.3) is 0 Å². The maximum Gasteiger partial charge on any atom is 0.227 e. The van der Waals surface area contributed by atoms with E-state index in [4.69, 9.17) is 24.4 Å². The topological polar surface area (TPSA) is 69.6 Å². The van der Waals surface area contributed by atoms with Gasteiger partial charge in [0.2, 0.25) is 5.89 Å². The van der Waals surface area contributed by atoms with Gasteiger partial charge in [-0.1, -0.05) is 115 Å². The molecule has 0 spiro atoms. The maximum atomic E-state index is 6.57. The number of aromatic nitrogens is 5. The van der Waals surface area contributed by atoms with Crippen molar-refractivity contribution in [3.05, 3.63) is 176 Å². The van der Waals surface area contributed by atoms with E-state index in [1.165, 1.54) is 15.5 Å². The van der Waals surface area contributed by atoms with Gasteiger partial charge in [-0.2, -0.15) is 0 Å². The number of oxazole rings is 1. The smallest absolute Gasteiger partial charge is 0.227 e. The highest BCUT2D eigenvalue weighted by atomic mass is 32.1. The molecule has 7 heteroatoms. The normalized spacial score (nSPS) is 11.9. The summed E-state index contributed by atoms with van der Waals surface area (Å²) >= 11 is 1.77. The van der Waals surface area contributed by atoms with Gasteiger partial charge in [0.1, 0.15) is 5.52 Å². The van der Waals surface area contributed by atoms with Gasteiger partial charge in [0.05, 0.1) is 11.0 Å². The molecule has 4 aromatic heterocycles. The van der Waals surface area contributed by atoms with Crippen LogP contribution in [0.3, 0.4) is 0 Å². The van der Waals surface area contributed by atoms with Gasteiger partial charge in [-0.25, -0.2) is 19.9 Å². The Labute approximate surface area is 330 Å². The van der Waals surface area contributed by atoms with Gasteiger partial charge in [0, 0.05) is 58.9 Å². The van der Waals surface area contributed by atoms with E-state index in [-0.39, 0.29) is 0 Å². The molecule has 0 atom stereocenters. The minimum Gasteiger partial charge on any atom is -0.435 e. The lowest BCUT2D eigenvalue weighted by Gasteiger charge is -2.11. The molecule has 8 aromatic carbocycles. The predicted octanol–water partition coefficient (Wildman–Crippen LogP) is 13.3. The second-order valence-corrected chi connectivity index (χ2v) is 15.3. The molecule has 0 bridgehead atoms. The number of nitrogens with zero attached hydrogens (tertiary/aromatic N) is 5. The van der Waals surface area contributed by atoms with E-state index in [1.807, 2.05) is 60.7 Å². The average Bonchev–Trinajstić information content (AvgIpc) is 3.99. The van der Waals surface area contributed by atoms with Crippen LogP contribution in [0.2, 0.25) is 0 Å². The van der Waals surface area contributed by atoms with Crippen LogP contribution >= 0.6 is 11.3 Å². The summed E-state index contributed by atoms with van der Waals surface area (Å²) in [6.45, 7) is 0. The van der Waals surface area contributed by atoms with Crippen LogP contribution in [0.5, 0.6) is 0 Å². The van der Waals surface area contributed by atoms with Crippen molar-refractivity contribution in [1.82, 2.24) is 24.5 Å². The summed E-state index contributed by atoms with van der Waals surface area (Å²) < 4.78 is 11.2. The molecule has 0 fully saturated rings. The summed E-state index contributed by atoms with van der Waals surface area (Å²) in [4.78, 5) is 20.4. The number of benzene rings is 8. The van der Waals surface area contributed by atoms with Gasteiger partial charge in [-0.05, 0) is 71.4 Å². The molecule has 0 unspecified atom stereocenters. The maximum absolute atomic E-state index is 6.57. The van der Waals surface area contributed by atoms with Crippen molar-refractivity contribution in [3.8, 4) is 51.3 Å². The Bertz CT molecular complexity index is 3520. The van der Waals surface area contributed by atoms with Crippen LogP contribution in [0.4, 0.5) is 0 Å². The van der Waals surface area contributed by atoms with Crippen LogP contribution in [0, 0.1) is 0 Å². The van der Waals surface area contributed by atoms with E-state index in [0.29, 0.717) is 23.4 Å². The Kier molecular flexibility index (Phi) is 7.00. The molecule has 0 aliphatic rings. The Balaban J connectivity index is 1.08. The van der Waals surface area contributed by atoms with Crippen molar-refractivity contribution >= 4 is 75.2 Å². The van der Waals surface area contributed by atoms with E-state index in [2.05, 4.69) is 120 Å². The number of hydrogen-bond donors (Lipinski definition) is 0. The molecule has 12 rings (SSSR count). The van der Waals surface area contributed by atoms with Crippen molar-refractivity contribution in [2.75, 3.05) is 0 Å². The average molecular weight is 748 g/mol. The highest BCUT2D eigenvalue weighted by Gasteiger charge is 2.20. The monoisotopic (exact) mass is 747 g/mol. The molecular formula is C50H29N5OS. The number of hydrogen-bond acceptors (Lipinski definition) is 6. The van der Waals surface area contributed by atoms with Crippen LogP contribution in [-0.4, -0.2) is 24.5 Å². The number of para-hydroxylation sites is 2. The summed E-state index contributed by atoms with van der Waals surface area (Å²) in [7, 11) is 0. The fourth-order valence-corrected chi connectivity index (χ4v) is 9.34. The Morgan fingerprint density at radius 1 is 0.421 bits per heavy atom. The lowest BCUT2D eigenvalue weighted by atomic mass is 10.0. The largest absolute Gasteiger partial charge is 0.435 e.